The quantitative estimate of drug-likeness (QED) is 0.730. The van der Waals surface area contributed by atoms with E-state index in [1.165, 1.54) is 12.3 Å². The molecule has 110 valence electrons. The predicted molar refractivity (Wildman–Crippen MR) is 68.6 cm³/mol. The lowest BCUT2D eigenvalue weighted by atomic mass is 10.2. The molecule has 1 aromatic rings. The molecule has 2 heterocycles. The van der Waals surface area contributed by atoms with Gasteiger partial charge in [0.25, 0.3) is 10.0 Å². The highest BCUT2D eigenvalue weighted by molar-refractivity contribution is 7.89. The summed E-state index contributed by atoms with van der Waals surface area (Å²) in [7, 11) is -4.20. The number of nitrogens with one attached hydrogen (secondary N) is 1. The SMILES string of the molecule is NC(=O)CN(C1CCNC1)S(=O)(=O)c1ncccc1F. The summed E-state index contributed by atoms with van der Waals surface area (Å²) in [6.07, 6.45) is 1.71. The van der Waals surface area contributed by atoms with Crippen molar-refractivity contribution in [2.75, 3.05) is 19.6 Å². The van der Waals surface area contributed by atoms with Gasteiger partial charge < -0.3 is 11.1 Å². The number of nitrogens with two attached hydrogens (primary N) is 1. The van der Waals surface area contributed by atoms with Gasteiger partial charge in [0, 0.05) is 18.8 Å². The smallest absolute Gasteiger partial charge is 0.264 e. The molecular formula is C11H15FN4O3S. The number of primary amides is 1. The van der Waals surface area contributed by atoms with E-state index in [9.17, 15) is 17.6 Å². The zero-order valence-corrected chi connectivity index (χ0v) is 11.4. The topological polar surface area (TPSA) is 105 Å². The third-order valence-corrected chi connectivity index (χ3v) is 4.86. The van der Waals surface area contributed by atoms with E-state index in [-0.39, 0.29) is 0 Å². The van der Waals surface area contributed by atoms with Crippen molar-refractivity contribution in [2.24, 2.45) is 5.73 Å². The van der Waals surface area contributed by atoms with Crippen LogP contribution in [0.5, 0.6) is 0 Å². The van der Waals surface area contributed by atoms with Gasteiger partial charge in [-0.3, -0.25) is 4.79 Å². The fourth-order valence-corrected chi connectivity index (χ4v) is 3.72. The van der Waals surface area contributed by atoms with Crippen LogP contribution in [0, 0.1) is 5.82 Å². The van der Waals surface area contributed by atoms with Crippen molar-refractivity contribution in [1.82, 2.24) is 14.6 Å². The van der Waals surface area contributed by atoms with Crippen LogP contribution in [0.25, 0.3) is 0 Å². The van der Waals surface area contributed by atoms with Gasteiger partial charge in [-0.15, -0.1) is 0 Å². The molecule has 1 aliphatic rings. The van der Waals surface area contributed by atoms with E-state index < -0.39 is 39.4 Å². The van der Waals surface area contributed by atoms with Gasteiger partial charge in [-0.1, -0.05) is 0 Å². The lowest BCUT2D eigenvalue weighted by Crippen LogP contribution is -2.46. The molecule has 7 nitrogen and oxygen atoms in total. The summed E-state index contributed by atoms with van der Waals surface area (Å²) in [5, 5.41) is 2.30. The average molecular weight is 302 g/mol. The molecule has 0 spiro atoms. The summed E-state index contributed by atoms with van der Waals surface area (Å²) in [6, 6.07) is 1.87. The minimum absolute atomic E-state index is 0.390. The van der Waals surface area contributed by atoms with Crippen molar-refractivity contribution < 1.29 is 17.6 Å². The van der Waals surface area contributed by atoms with Gasteiger partial charge in [0.05, 0.1) is 6.54 Å². The average Bonchev–Trinajstić information content (AvgIpc) is 2.89. The number of sulfonamides is 1. The van der Waals surface area contributed by atoms with Gasteiger partial charge in [-0.25, -0.2) is 17.8 Å². The number of amides is 1. The predicted octanol–water partition coefficient (Wildman–Crippen LogP) is -0.941. The van der Waals surface area contributed by atoms with Gasteiger partial charge in [-0.2, -0.15) is 4.31 Å². The summed E-state index contributed by atoms with van der Waals surface area (Å²) >= 11 is 0. The first-order valence-corrected chi connectivity index (χ1v) is 7.48. The lowest BCUT2D eigenvalue weighted by molar-refractivity contribution is -0.118. The van der Waals surface area contributed by atoms with Gasteiger partial charge in [0.2, 0.25) is 10.9 Å². The fraction of sp³-hybridized carbons (Fsp3) is 0.455. The lowest BCUT2D eigenvalue weighted by Gasteiger charge is -2.25. The summed E-state index contributed by atoms with van der Waals surface area (Å²) in [5.74, 6) is -1.75. The number of nitrogens with zero attached hydrogens (tertiary/aromatic N) is 2. The summed E-state index contributed by atoms with van der Waals surface area (Å²) in [4.78, 5) is 14.7. The minimum atomic E-state index is -4.20. The van der Waals surface area contributed by atoms with Crippen LogP contribution in [0.3, 0.4) is 0 Å². The molecule has 0 saturated carbocycles. The van der Waals surface area contributed by atoms with Crippen LogP contribution in [0.4, 0.5) is 4.39 Å². The summed E-state index contributed by atoms with van der Waals surface area (Å²) < 4.78 is 39.5. The van der Waals surface area contributed by atoms with Crippen molar-refractivity contribution in [3.05, 3.63) is 24.1 Å². The van der Waals surface area contributed by atoms with Crippen LogP contribution in [-0.2, 0) is 14.8 Å². The van der Waals surface area contributed by atoms with Crippen molar-refractivity contribution in [3.63, 3.8) is 0 Å². The third kappa shape index (κ3) is 2.94. The van der Waals surface area contributed by atoms with E-state index >= 15 is 0 Å². The van der Waals surface area contributed by atoms with E-state index in [0.29, 0.717) is 19.5 Å². The molecular weight excluding hydrogens is 287 g/mol. The van der Waals surface area contributed by atoms with Crippen molar-refractivity contribution >= 4 is 15.9 Å². The monoisotopic (exact) mass is 302 g/mol. The highest BCUT2D eigenvalue weighted by Crippen LogP contribution is 2.21. The molecule has 0 radical (unpaired) electrons. The Morgan fingerprint density at radius 3 is 2.90 bits per heavy atom. The zero-order chi connectivity index (χ0) is 14.8. The van der Waals surface area contributed by atoms with E-state index in [4.69, 9.17) is 5.73 Å². The Bertz CT molecular complexity index is 601. The first-order valence-electron chi connectivity index (χ1n) is 6.04. The van der Waals surface area contributed by atoms with Crippen LogP contribution < -0.4 is 11.1 Å². The van der Waals surface area contributed by atoms with Gasteiger partial charge >= 0.3 is 0 Å². The maximum Gasteiger partial charge on any atom is 0.264 e. The van der Waals surface area contributed by atoms with E-state index in [1.54, 1.807) is 0 Å². The summed E-state index contributed by atoms with van der Waals surface area (Å²) in [5.41, 5.74) is 5.09. The molecule has 1 amide bonds. The van der Waals surface area contributed by atoms with E-state index in [0.717, 1.165) is 10.4 Å². The molecule has 1 aliphatic heterocycles. The zero-order valence-electron chi connectivity index (χ0n) is 10.6. The second-order valence-electron chi connectivity index (χ2n) is 4.45. The van der Waals surface area contributed by atoms with E-state index in [2.05, 4.69) is 10.3 Å². The first kappa shape index (κ1) is 14.8. The molecule has 0 bridgehead atoms. The molecule has 1 aromatic heterocycles. The Morgan fingerprint density at radius 2 is 2.35 bits per heavy atom. The molecule has 3 N–H and O–H groups in total. The first-order chi connectivity index (χ1) is 9.43. The molecule has 1 saturated heterocycles. The Labute approximate surface area is 116 Å². The van der Waals surface area contributed by atoms with Gasteiger partial charge in [0.15, 0.2) is 5.82 Å². The number of hydrogen-bond donors (Lipinski definition) is 2. The van der Waals surface area contributed by atoms with Gasteiger partial charge in [-0.05, 0) is 25.1 Å². The van der Waals surface area contributed by atoms with Crippen LogP contribution in [0.1, 0.15) is 6.42 Å². The summed E-state index contributed by atoms with van der Waals surface area (Å²) in [6.45, 7) is 0.520. The number of aromatic nitrogens is 1. The maximum atomic E-state index is 13.7. The number of halogens is 1. The molecule has 1 fully saturated rings. The second kappa shape index (κ2) is 5.81. The standard InChI is InChI=1S/C11H15FN4O3S/c12-9-2-1-4-15-11(9)20(18,19)16(7-10(13)17)8-3-5-14-6-8/h1-2,4,8,14H,3,5-7H2,(H2,13,17). The number of carbonyl (C=O) groups excluding carboxylic acids is 1. The molecule has 1 atom stereocenters. The van der Waals surface area contributed by atoms with Crippen molar-refractivity contribution in [1.29, 1.82) is 0 Å². The Kier molecular flexibility index (Phi) is 4.31. The molecule has 2 rings (SSSR count). The second-order valence-corrected chi connectivity index (χ2v) is 6.26. The normalized spacial score (nSPS) is 19.4. The molecule has 1 unspecified atom stereocenters. The third-order valence-electron chi connectivity index (χ3n) is 3.03. The number of rotatable bonds is 5. The highest BCUT2D eigenvalue weighted by atomic mass is 32.2. The van der Waals surface area contributed by atoms with Crippen LogP contribution in [-0.4, -0.2) is 49.3 Å². The van der Waals surface area contributed by atoms with E-state index in [1.807, 2.05) is 0 Å². The Hall–Kier alpha value is -1.58. The molecule has 9 heteroatoms. The molecule has 20 heavy (non-hydrogen) atoms. The number of pyridine rings is 1. The number of hydrogen-bond acceptors (Lipinski definition) is 5. The maximum absolute atomic E-state index is 13.7. The number of carbonyl (C=O) groups is 1. The van der Waals surface area contributed by atoms with Crippen LogP contribution in [0.2, 0.25) is 0 Å². The van der Waals surface area contributed by atoms with Crippen LogP contribution in [0.15, 0.2) is 23.4 Å². The molecule has 0 aromatic carbocycles. The fourth-order valence-electron chi connectivity index (χ4n) is 2.12. The van der Waals surface area contributed by atoms with Gasteiger partial charge in [0.1, 0.15) is 0 Å². The minimum Gasteiger partial charge on any atom is -0.369 e. The Balaban J connectivity index is 2.41. The van der Waals surface area contributed by atoms with Crippen LogP contribution >= 0.6 is 0 Å². The highest BCUT2D eigenvalue weighted by Gasteiger charge is 2.36. The molecule has 0 aliphatic carbocycles. The van der Waals surface area contributed by atoms with Crippen molar-refractivity contribution in [2.45, 2.75) is 17.5 Å². The Morgan fingerprint density at radius 1 is 1.60 bits per heavy atom. The largest absolute Gasteiger partial charge is 0.369 e. The van der Waals surface area contributed by atoms with Crippen molar-refractivity contribution in [3.8, 4) is 0 Å².